The Hall–Kier alpha value is -1.84. The van der Waals surface area contributed by atoms with Crippen LogP contribution in [-0.2, 0) is 9.59 Å². The van der Waals surface area contributed by atoms with Crippen LogP contribution in [0.4, 0.5) is 5.69 Å². The van der Waals surface area contributed by atoms with E-state index < -0.39 is 11.9 Å². The van der Waals surface area contributed by atoms with Crippen molar-refractivity contribution in [2.24, 2.45) is 5.92 Å². The van der Waals surface area contributed by atoms with E-state index in [0.717, 1.165) is 11.3 Å². The van der Waals surface area contributed by atoms with Crippen LogP contribution >= 0.6 is 0 Å². The average molecular weight is 233 g/mol. The van der Waals surface area contributed by atoms with Gasteiger partial charge in [0.15, 0.2) is 0 Å². The Morgan fingerprint density at radius 3 is 2.59 bits per heavy atom. The van der Waals surface area contributed by atoms with Crippen molar-refractivity contribution in [1.82, 2.24) is 0 Å². The van der Waals surface area contributed by atoms with E-state index in [1.165, 1.54) is 0 Å². The van der Waals surface area contributed by atoms with Crippen molar-refractivity contribution in [3.05, 3.63) is 29.8 Å². The molecule has 0 saturated carbocycles. The third kappa shape index (κ3) is 2.46. The summed E-state index contributed by atoms with van der Waals surface area (Å²) in [5.41, 5.74) is 1.90. The van der Waals surface area contributed by atoms with E-state index in [0.29, 0.717) is 12.8 Å². The number of carboxylic acid groups (broad SMARTS) is 1. The molecule has 1 saturated heterocycles. The molecule has 2 rings (SSSR count). The Labute approximate surface area is 99.9 Å². The normalized spacial score (nSPS) is 20.4. The molecule has 0 aromatic heterocycles. The summed E-state index contributed by atoms with van der Waals surface area (Å²) >= 11 is 0. The maximum Gasteiger partial charge on any atom is 0.308 e. The highest BCUT2D eigenvalue weighted by molar-refractivity contribution is 5.95. The third-order valence-corrected chi connectivity index (χ3v) is 3.11. The number of hydrogen-bond acceptors (Lipinski definition) is 2. The van der Waals surface area contributed by atoms with Crippen LogP contribution in [0, 0.1) is 12.8 Å². The fraction of sp³-hybridized carbons (Fsp3) is 0.385. The zero-order valence-corrected chi connectivity index (χ0v) is 9.72. The van der Waals surface area contributed by atoms with E-state index in [4.69, 9.17) is 5.11 Å². The van der Waals surface area contributed by atoms with Crippen molar-refractivity contribution in [3.8, 4) is 0 Å². The highest BCUT2D eigenvalue weighted by Crippen LogP contribution is 2.24. The largest absolute Gasteiger partial charge is 0.481 e. The number of benzene rings is 1. The molecule has 0 radical (unpaired) electrons. The van der Waals surface area contributed by atoms with E-state index in [-0.39, 0.29) is 12.5 Å². The lowest BCUT2D eigenvalue weighted by Crippen LogP contribution is -2.42. The standard InChI is InChI=1S/C13H15NO3/c1-9-2-5-11(6-3-9)14-8-10(13(16)17)4-7-12(14)15/h2-3,5-6,10H,4,7-8H2,1H3,(H,16,17). The van der Waals surface area contributed by atoms with Gasteiger partial charge in [-0.1, -0.05) is 17.7 Å². The quantitative estimate of drug-likeness (QED) is 0.847. The molecule has 1 N–H and O–H groups in total. The molecule has 0 bridgehead atoms. The second kappa shape index (κ2) is 4.57. The first-order valence-electron chi connectivity index (χ1n) is 5.68. The molecular weight excluding hydrogens is 218 g/mol. The van der Waals surface area contributed by atoms with Crippen LogP contribution in [0.1, 0.15) is 18.4 Å². The van der Waals surface area contributed by atoms with Gasteiger partial charge in [0.25, 0.3) is 0 Å². The number of rotatable bonds is 2. The summed E-state index contributed by atoms with van der Waals surface area (Å²) in [7, 11) is 0. The Balaban J connectivity index is 2.20. The minimum atomic E-state index is -0.824. The van der Waals surface area contributed by atoms with E-state index in [1.807, 2.05) is 31.2 Å². The molecule has 1 fully saturated rings. The number of amides is 1. The maximum atomic E-state index is 11.8. The predicted molar refractivity (Wildman–Crippen MR) is 63.9 cm³/mol. The van der Waals surface area contributed by atoms with Gasteiger partial charge in [-0.3, -0.25) is 9.59 Å². The zero-order valence-electron chi connectivity index (χ0n) is 9.72. The lowest BCUT2D eigenvalue weighted by Gasteiger charge is -2.30. The summed E-state index contributed by atoms with van der Waals surface area (Å²) in [5.74, 6) is -1.27. The first-order chi connectivity index (χ1) is 8.08. The number of anilines is 1. The van der Waals surface area contributed by atoms with Crippen molar-refractivity contribution in [2.45, 2.75) is 19.8 Å². The van der Waals surface area contributed by atoms with Crippen molar-refractivity contribution < 1.29 is 14.7 Å². The lowest BCUT2D eigenvalue weighted by atomic mass is 9.97. The molecule has 1 aliphatic rings. The molecule has 1 aromatic carbocycles. The molecule has 1 heterocycles. The topological polar surface area (TPSA) is 57.6 Å². The number of aryl methyl sites for hydroxylation is 1. The number of piperidine rings is 1. The molecule has 1 aromatic rings. The molecule has 0 spiro atoms. The van der Waals surface area contributed by atoms with Gasteiger partial charge in [-0.15, -0.1) is 0 Å². The van der Waals surface area contributed by atoms with Crippen LogP contribution in [0.2, 0.25) is 0 Å². The van der Waals surface area contributed by atoms with Crippen LogP contribution < -0.4 is 4.90 Å². The highest BCUT2D eigenvalue weighted by atomic mass is 16.4. The van der Waals surface area contributed by atoms with Crippen molar-refractivity contribution >= 4 is 17.6 Å². The summed E-state index contributed by atoms with van der Waals surface area (Å²) in [6.45, 7) is 2.25. The molecular formula is C13H15NO3. The summed E-state index contributed by atoms with van der Waals surface area (Å²) in [6.07, 6.45) is 0.751. The Bertz CT molecular complexity index is 438. The van der Waals surface area contributed by atoms with Crippen molar-refractivity contribution in [2.75, 3.05) is 11.4 Å². The van der Waals surface area contributed by atoms with E-state index in [2.05, 4.69) is 0 Å². The molecule has 1 aliphatic heterocycles. The minimum Gasteiger partial charge on any atom is -0.481 e. The van der Waals surface area contributed by atoms with E-state index in [1.54, 1.807) is 4.90 Å². The van der Waals surface area contributed by atoms with Gasteiger partial charge in [0.2, 0.25) is 5.91 Å². The maximum absolute atomic E-state index is 11.8. The summed E-state index contributed by atoms with van der Waals surface area (Å²) in [4.78, 5) is 24.3. The summed E-state index contributed by atoms with van der Waals surface area (Å²) < 4.78 is 0. The average Bonchev–Trinajstić information content (AvgIpc) is 2.31. The fourth-order valence-corrected chi connectivity index (χ4v) is 2.02. The number of carboxylic acids is 1. The van der Waals surface area contributed by atoms with Crippen LogP contribution in [0.15, 0.2) is 24.3 Å². The number of carbonyl (C=O) groups is 2. The first-order valence-corrected chi connectivity index (χ1v) is 5.68. The lowest BCUT2D eigenvalue weighted by molar-refractivity contribution is -0.142. The molecule has 4 nitrogen and oxygen atoms in total. The molecule has 1 unspecified atom stereocenters. The van der Waals surface area contributed by atoms with Crippen LogP contribution in [0.25, 0.3) is 0 Å². The smallest absolute Gasteiger partial charge is 0.308 e. The van der Waals surface area contributed by atoms with Gasteiger partial charge in [0.1, 0.15) is 0 Å². The van der Waals surface area contributed by atoms with Gasteiger partial charge < -0.3 is 10.0 Å². The SMILES string of the molecule is Cc1ccc(N2CC(C(=O)O)CCC2=O)cc1. The van der Waals surface area contributed by atoms with E-state index >= 15 is 0 Å². The second-order valence-corrected chi connectivity index (χ2v) is 4.41. The molecule has 1 amide bonds. The van der Waals surface area contributed by atoms with Gasteiger partial charge in [0.05, 0.1) is 5.92 Å². The minimum absolute atomic E-state index is 0.00588. The zero-order chi connectivity index (χ0) is 12.4. The molecule has 90 valence electrons. The monoisotopic (exact) mass is 233 g/mol. The summed E-state index contributed by atoms with van der Waals surface area (Å²) in [5, 5.41) is 9.00. The molecule has 17 heavy (non-hydrogen) atoms. The molecule has 4 heteroatoms. The van der Waals surface area contributed by atoms with Gasteiger partial charge in [0, 0.05) is 18.7 Å². The van der Waals surface area contributed by atoms with Gasteiger partial charge in [-0.2, -0.15) is 0 Å². The van der Waals surface area contributed by atoms with Crippen molar-refractivity contribution in [1.29, 1.82) is 0 Å². The second-order valence-electron chi connectivity index (χ2n) is 4.41. The van der Waals surface area contributed by atoms with Gasteiger partial charge in [-0.25, -0.2) is 0 Å². The van der Waals surface area contributed by atoms with Crippen molar-refractivity contribution in [3.63, 3.8) is 0 Å². The Kier molecular flexibility index (Phi) is 3.13. The summed E-state index contributed by atoms with van der Waals surface area (Å²) in [6, 6.07) is 7.56. The van der Waals surface area contributed by atoms with E-state index in [9.17, 15) is 9.59 Å². The van der Waals surface area contributed by atoms with Crippen LogP contribution in [0.5, 0.6) is 0 Å². The fourth-order valence-electron chi connectivity index (χ4n) is 2.02. The van der Waals surface area contributed by atoms with Gasteiger partial charge >= 0.3 is 5.97 Å². The van der Waals surface area contributed by atoms with Crippen LogP contribution in [-0.4, -0.2) is 23.5 Å². The number of nitrogens with zero attached hydrogens (tertiary/aromatic N) is 1. The number of aliphatic carboxylic acids is 1. The Morgan fingerprint density at radius 1 is 1.35 bits per heavy atom. The molecule has 0 aliphatic carbocycles. The highest BCUT2D eigenvalue weighted by Gasteiger charge is 2.30. The predicted octanol–water partition coefficient (Wildman–Crippen LogP) is 1.82. The van der Waals surface area contributed by atoms with Crippen LogP contribution in [0.3, 0.4) is 0 Å². The number of hydrogen-bond donors (Lipinski definition) is 1. The Morgan fingerprint density at radius 2 is 2.00 bits per heavy atom. The first kappa shape index (κ1) is 11.6. The number of carbonyl (C=O) groups excluding carboxylic acids is 1. The third-order valence-electron chi connectivity index (χ3n) is 3.11. The molecule has 1 atom stereocenters. The van der Waals surface area contributed by atoms with Gasteiger partial charge in [-0.05, 0) is 25.5 Å².